The fraction of sp³-hybridized carbons (Fsp3) is 0.0526. The van der Waals surface area contributed by atoms with Crippen LogP contribution in [0.5, 0.6) is 0 Å². The number of aliphatic carboxylic acids is 1. The van der Waals surface area contributed by atoms with Crippen molar-refractivity contribution in [2.75, 3.05) is 0 Å². The number of H-pyrrole nitrogens is 1. The Morgan fingerprint density at radius 1 is 1.19 bits per heavy atom. The Morgan fingerprint density at radius 2 is 1.96 bits per heavy atom. The summed E-state index contributed by atoms with van der Waals surface area (Å²) in [6.07, 6.45) is 6.34. The molecular weight excluding hydrogens is 348 g/mol. The van der Waals surface area contributed by atoms with E-state index in [1.165, 1.54) is 12.4 Å². The highest BCUT2D eigenvalue weighted by atomic mass is 16.4. The lowest BCUT2D eigenvalue weighted by Crippen LogP contribution is -2.01. The first kappa shape index (κ1) is 17.9. The van der Waals surface area contributed by atoms with Crippen molar-refractivity contribution in [3.8, 4) is 0 Å². The molecule has 0 amide bonds. The Morgan fingerprint density at radius 3 is 2.63 bits per heavy atom. The molecule has 0 fully saturated rings. The minimum absolute atomic E-state index is 0.0121. The number of aliphatic hydroxyl groups is 1. The molecule has 0 saturated carbocycles. The van der Waals surface area contributed by atoms with Crippen LogP contribution in [-0.2, 0) is 11.3 Å². The van der Waals surface area contributed by atoms with Crippen LogP contribution >= 0.6 is 0 Å². The summed E-state index contributed by atoms with van der Waals surface area (Å²) < 4.78 is 1.76. The maximum absolute atomic E-state index is 12.5. The molecule has 0 saturated heterocycles. The van der Waals surface area contributed by atoms with E-state index in [0.717, 1.165) is 17.7 Å². The molecule has 8 nitrogen and oxygen atoms in total. The standard InChI is InChI=1S/C19H16N4O4/c24-16(9-17(25)19-20-12-21-22-19)14-8-15(6-7-18(26)27)23(11-14)10-13-4-2-1-3-5-13/h1-9,11-12,25H,10H2,(H,26,27)(H,20,21,22). The summed E-state index contributed by atoms with van der Waals surface area (Å²) >= 11 is 0. The molecule has 3 N–H and O–H groups in total. The van der Waals surface area contributed by atoms with Gasteiger partial charge in [-0.05, 0) is 17.7 Å². The Labute approximate surface area is 154 Å². The van der Waals surface area contributed by atoms with E-state index in [1.807, 2.05) is 30.3 Å². The van der Waals surface area contributed by atoms with Crippen molar-refractivity contribution >= 4 is 23.6 Å². The van der Waals surface area contributed by atoms with Gasteiger partial charge in [-0.25, -0.2) is 9.78 Å². The van der Waals surface area contributed by atoms with Gasteiger partial charge in [0.25, 0.3) is 0 Å². The lowest BCUT2D eigenvalue weighted by Gasteiger charge is -2.06. The van der Waals surface area contributed by atoms with Gasteiger partial charge in [0.05, 0.1) is 0 Å². The smallest absolute Gasteiger partial charge is 0.328 e. The third-order valence-corrected chi connectivity index (χ3v) is 3.72. The third-order valence-electron chi connectivity index (χ3n) is 3.72. The summed E-state index contributed by atoms with van der Waals surface area (Å²) in [5.41, 5.74) is 1.85. The van der Waals surface area contributed by atoms with Crippen LogP contribution in [0.2, 0.25) is 0 Å². The molecule has 0 unspecified atom stereocenters. The highest BCUT2D eigenvalue weighted by Gasteiger charge is 2.13. The van der Waals surface area contributed by atoms with Crippen molar-refractivity contribution < 1.29 is 19.8 Å². The maximum atomic E-state index is 12.5. The minimum Gasteiger partial charge on any atom is -0.504 e. The van der Waals surface area contributed by atoms with Crippen LogP contribution in [-0.4, -0.2) is 41.7 Å². The second kappa shape index (κ2) is 7.96. The fourth-order valence-corrected chi connectivity index (χ4v) is 2.48. The van der Waals surface area contributed by atoms with Gasteiger partial charge in [0.2, 0.25) is 5.82 Å². The number of hydrogen-bond acceptors (Lipinski definition) is 5. The van der Waals surface area contributed by atoms with Gasteiger partial charge in [0.1, 0.15) is 6.33 Å². The molecule has 0 aliphatic rings. The van der Waals surface area contributed by atoms with Gasteiger partial charge in [-0.15, -0.1) is 0 Å². The molecule has 0 aliphatic carbocycles. The summed E-state index contributed by atoms with van der Waals surface area (Å²) in [7, 11) is 0. The van der Waals surface area contributed by atoms with Crippen LogP contribution in [0, 0.1) is 0 Å². The highest BCUT2D eigenvalue weighted by molar-refractivity contribution is 6.07. The van der Waals surface area contributed by atoms with E-state index in [-0.39, 0.29) is 11.6 Å². The van der Waals surface area contributed by atoms with Gasteiger partial charge in [-0.1, -0.05) is 30.3 Å². The van der Waals surface area contributed by atoms with Gasteiger partial charge in [-0.3, -0.25) is 9.89 Å². The van der Waals surface area contributed by atoms with E-state index in [1.54, 1.807) is 16.8 Å². The Bertz CT molecular complexity index is 1000. The molecule has 1 aromatic carbocycles. The number of carboxylic acid groups (broad SMARTS) is 1. The zero-order chi connectivity index (χ0) is 19.2. The summed E-state index contributed by atoms with van der Waals surface area (Å²) in [5, 5.41) is 25.0. The van der Waals surface area contributed by atoms with E-state index in [2.05, 4.69) is 15.2 Å². The summed E-state index contributed by atoms with van der Waals surface area (Å²) in [4.78, 5) is 27.1. The third kappa shape index (κ3) is 4.57. The van der Waals surface area contributed by atoms with E-state index >= 15 is 0 Å². The number of carbonyl (C=O) groups is 2. The Balaban J connectivity index is 1.91. The summed E-state index contributed by atoms with van der Waals surface area (Å²) in [5.74, 6) is -1.88. The van der Waals surface area contributed by atoms with Crippen LogP contribution in [0.15, 0.2) is 61.1 Å². The number of aromatic amines is 1. The predicted molar refractivity (Wildman–Crippen MR) is 98.0 cm³/mol. The molecule has 0 bridgehead atoms. The minimum atomic E-state index is -1.09. The number of allylic oxidation sites excluding steroid dienone is 1. The molecule has 0 atom stereocenters. The van der Waals surface area contributed by atoms with Gasteiger partial charge in [0.15, 0.2) is 11.5 Å². The highest BCUT2D eigenvalue weighted by Crippen LogP contribution is 2.16. The number of carbonyl (C=O) groups excluding carboxylic acids is 1. The SMILES string of the molecule is O=C(O)C=Cc1cc(C(=O)C=C(O)c2nc[nH]n2)cn1Cc1ccccc1. The van der Waals surface area contributed by atoms with Gasteiger partial charge in [-0.2, -0.15) is 5.10 Å². The predicted octanol–water partition coefficient (Wildman–Crippen LogP) is 2.53. The lowest BCUT2D eigenvalue weighted by atomic mass is 10.2. The first-order chi connectivity index (χ1) is 13.0. The number of rotatable bonds is 7. The molecular formula is C19H16N4O4. The largest absolute Gasteiger partial charge is 0.504 e. The molecule has 3 aromatic rings. The van der Waals surface area contributed by atoms with Crippen LogP contribution in [0.3, 0.4) is 0 Å². The molecule has 2 heterocycles. The van der Waals surface area contributed by atoms with E-state index in [4.69, 9.17) is 5.11 Å². The molecule has 8 heteroatoms. The van der Waals surface area contributed by atoms with E-state index in [9.17, 15) is 14.7 Å². The number of hydrogen-bond donors (Lipinski definition) is 3. The lowest BCUT2D eigenvalue weighted by molar-refractivity contribution is -0.131. The topological polar surface area (TPSA) is 121 Å². The maximum Gasteiger partial charge on any atom is 0.328 e. The van der Waals surface area contributed by atoms with Crippen LogP contribution in [0.25, 0.3) is 11.8 Å². The molecule has 2 aromatic heterocycles. The molecule has 27 heavy (non-hydrogen) atoms. The monoisotopic (exact) mass is 364 g/mol. The zero-order valence-corrected chi connectivity index (χ0v) is 14.1. The summed E-state index contributed by atoms with van der Waals surface area (Å²) in [6, 6.07) is 11.1. The second-order valence-corrected chi connectivity index (χ2v) is 5.66. The van der Waals surface area contributed by atoms with Crippen molar-refractivity contribution in [1.29, 1.82) is 0 Å². The van der Waals surface area contributed by atoms with Crippen molar-refractivity contribution in [2.24, 2.45) is 0 Å². The normalized spacial score (nSPS) is 11.8. The first-order valence-electron chi connectivity index (χ1n) is 7.99. The number of nitrogens with one attached hydrogen (secondary N) is 1. The van der Waals surface area contributed by atoms with E-state index < -0.39 is 11.8 Å². The first-order valence-corrected chi connectivity index (χ1v) is 7.99. The molecule has 3 rings (SSSR count). The number of ketones is 1. The average molecular weight is 364 g/mol. The Kier molecular flexibility index (Phi) is 5.27. The zero-order valence-electron chi connectivity index (χ0n) is 14.1. The van der Waals surface area contributed by atoms with Crippen molar-refractivity contribution in [1.82, 2.24) is 19.7 Å². The number of carboxylic acids is 1. The molecule has 136 valence electrons. The Hall–Kier alpha value is -3.94. The molecule has 0 spiro atoms. The summed E-state index contributed by atoms with van der Waals surface area (Å²) in [6.45, 7) is 0.462. The van der Waals surface area contributed by atoms with Crippen LogP contribution < -0.4 is 0 Å². The number of aromatic nitrogens is 4. The van der Waals surface area contributed by atoms with Gasteiger partial charge < -0.3 is 14.8 Å². The molecule has 0 radical (unpaired) electrons. The van der Waals surface area contributed by atoms with E-state index in [0.29, 0.717) is 17.8 Å². The van der Waals surface area contributed by atoms with Gasteiger partial charge in [0, 0.05) is 36.2 Å². The second-order valence-electron chi connectivity index (χ2n) is 5.66. The van der Waals surface area contributed by atoms with Gasteiger partial charge >= 0.3 is 5.97 Å². The van der Waals surface area contributed by atoms with Crippen LogP contribution in [0.4, 0.5) is 0 Å². The van der Waals surface area contributed by atoms with Crippen molar-refractivity contribution in [2.45, 2.75) is 6.54 Å². The van der Waals surface area contributed by atoms with Crippen molar-refractivity contribution in [3.63, 3.8) is 0 Å². The molecule has 0 aliphatic heterocycles. The van der Waals surface area contributed by atoms with Crippen LogP contribution in [0.1, 0.15) is 27.4 Å². The number of aliphatic hydroxyl groups excluding tert-OH is 1. The number of nitrogens with zero attached hydrogens (tertiary/aromatic N) is 3. The average Bonchev–Trinajstić information content (AvgIpc) is 3.31. The van der Waals surface area contributed by atoms with Crippen molar-refractivity contribution in [3.05, 3.63) is 83.7 Å². The fourth-order valence-electron chi connectivity index (χ4n) is 2.48. The number of benzene rings is 1. The quantitative estimate of drug-likeness (QED) is 0.336.